The Labute approximate surface area is 200 Å². The fourth-order valence-corrected chi connectivity index (χ4v) is 8.50. The Morgan fingerprint density at radius 1 is 1.27 bits per heavy atom. The smallest absolute Gasteiger partial charge is 0.267 e. The van der Waals surface area contributed by atoms with Crippen molar-refractivity contribution in [3.05, 3.63) is 51.1 Å². The minimum atomic E-state index is -3.06. The van der Waals surface area contributed by atoms with Crippen LogP contribution in [0.4, 0.5) is 0 Å². The van der Waals surface area contributed by atoms with Gasteiger partial charge in [0.2, 0.25) is 5.91 Å². The predicted octanol–water partition coefficient (Wildman–Crippen LogP) is 2.97. The van der Waals surface area contributed by atoms with Crippen molar-refractivity contribution in [2.45, 2.75) is 43.8 Å². The molecule has 2 aliphatic rings. The van der Waals surface area contributed by atoms with Crippen LogP contribution in [0, 0.1) is 5.92 Å². The number of para-hydroxylation sites is 1. The summed E-state index contributed by atoms with van der Waals surface area (Å²) in [5, 5.41) is 3.99. The molecule has 0 spiro atoms. The molecule has 0 saturated carbocycles. The van der Waals surface area contributed by atoms with Gasteiger partial charge in [-0.1, -0.05) is 36.9 Å². The molecule has 1 saturated heterocycles. The van der Waals surface area contributed by atoms with Crippen LogP contribution >= 0.6 is 23.1 Å². The van der Waals surface area contributed by atoms with Gasteiger partial charge in [-0.2, -0.15) is 0 Å². The van der Waals surface area contributed by atoms with Gasteiger partial charge in [0.25, 0.3) is 5.56 Å². The Bertz CT molecular complexity index is 1380. The van der Waals surface area contributed by atoms with Gasteiger partial charge in [-0.25, -0.2) is 13.4 Å². The zero-order chi connectivity index (χ0) is 23.2. The van der Waals surface area contributed by atoms with Gasteiger partial charge in [-0.3, -0.25) is 14.2 Å². The molecule has 3 heterocycles. The number of thioether (sulfide) groups is 1. The summed E-state index contributed by atoms with van der Waals surface area (Å²) in [4.78, 5) is 33.1. The molecular weight excluding hydrogens is 478 g/mol. The third kappa shape index (κ3) is 4.61. The number of sulfone groups is 1. The van der Waals surface area contributed by atoms with E-state index in [4.69, 9.17) is 4.98 Å². The first-order valence-electron chi connectivity index (χ1n) is 11.1. The number of aryl methyl sites for hydroxylation is 1. The molecule has 7 nitrogen and oxygen atoms in total. The summed E-state index contributed by atoms with van der Waals surface area (Å²) >= 11 is 2.80. The van der Waals surface area contributed by atoms with E-state index in [1.165, 1.54) is 16.6 Å². The van der Waals surface area contributed by atoms with Crippen molar-refractivity contribution in [1.82, 2.24) is 14.9 Å². The Kier molecular flexibility index (Phi) is 6.09. The van der Waals surface area contributed by atoms with Crippen molar-refractivity contribution >= 4 is 49.1 Å². The first-order chi connectivity index (χ1) is 15.8. The maximum atomic E-state index is 13.7. The first-order valence-corrected chi connectivity index (χ1v) is 14.7. The molecule has 1 fully saturated rings. The van der Waals surface area contributed by atoms with Gasteiger partial charge in [0.15, 0.2) is 15.0 Å². The van der Waals surface area contributed by atoms with Gasteiger partial charge < -0.3 is 5.32 Å². The van der Waals surface area contributed by atoms with E-state index < -0.39 is 9.84 Å². The summed E-state index contributed by atoms with van der Waals surface area (Å²) in [6.07, 6.45) is 3.37. The van der Waals surface area contributed by atoms with Gasteiger partial charge in [-0.15, -0.1) is 11.3 Å². The lowest BCUT2D eigenvalue weighted by Gasteiger charge is -2.18. The second kappa shape index (κ2) is 8.88. The lowest BCUT2D eigenvalue weighted by atomic mass is 9.89. The van der Waals surface area contributed by atoms with E-state index in [1.807, 2.05) is 30.3 Å². The number of fused-ring (bicyclic) bond motifs is 3. The van der Waals surface area contributed by atoms with Crippen molar-refractivity contribution in [2.75, 3.05) is 17.3 Å². The topological polar surface area (TPSA) is 98.1 Å². The normalized spacial score (nSPS) is 21.7. The lowest BCUT2D eigenvalue weighted by Crippen LogP contribution is -2.36. The molecule has 1 aliphatic carbocycles. The molecule has 2 atom stereocenters. The number of carbonyl (C=O) groups excluding carboxylic acids is 1. The number of carbonyl (C=O) groups is 1. The molecule has 0 bridgehead atoms. The van der Waals surface area contributed by atoms with Gasteiger partial charge in [-0.05, 0) is 49.3 Å². The lowest BCUT2D eigenvalue weighted by molar-refractivity contribution is -0.119. The molecule has 33 heavy (non-hydrogen) atoms. The van der Waals surface area contributed by atoms with E-state index in [0.717, 1.165) is 29.7 Å². The molecule has 1 N–H and O–H groups in total. The number of thiophene rings is 1. The average Bonchev–Trinajstić information content (AvgIpc) is 3.31. The number of hydrogen-bond donors (Lipinski definition) is 1. The van der Waals surface area contributed by atoms with Crippen LogP contribution in [0.25, 0.3) is 15.9 Å². The minimum absolute atomic E-state index is 0.0124. The van der Waals surface area contributed by atoms with Crippen molar-refractivity contribution in [3.63, 3.8) is 0 Å². The van der Waals surface area contributed by atoms with Gasteiger partial charge >= 0.3 is 0 Å². The van der Waals surface area contributed by atoms with Crippen molar-refractivity contribution in [1.29, 1.82) is 0 Å². The predicted molar refractivity (Wildman–Crippen MR) is 132 cm³/mol. The highest BCUT2D eigenvalue weighted by molar-refractivity contribution is 7.99. The fraction of sp³-hybridized carbons (Fsp3) is 0.435. The average molecular weight is 504 g/mol. The molecule has 3 aromatic rings. The van der Waals surface area contributed by atoms with E-state index in [9.17, 15) is 18.0 Å². The summed E-state index contributed by atoms with van der Waals surface area (Å²) in [6, 6.07) is 9.02. The minimum Gasteiger partial charge on any atom is -0.352 e. The van der Waals surface area contributed by atoms with E-state index >= 15 is 0 Å². The van der Waals surface area contributed by atoms with Crippen LogP contribution in [-0.4, -0.2) is 47.2 Å². The Balaban J connectivity index is 1.48. The highest BCUT2D eigenvalue weighted by atomic mass is 32.2. The van der Waals surface area contributed by atoms with Crippen LogP contribution in [0.15, 0.2) is 40.3 Å². The zero-order valence-electron chi connectivity index (χ0n) is 18.2. The van der Waals surface area contributed by atoms with E-state index in [-0.39, 0.29) is 34.8 Å². The third-order valence-electron chi connectivity index (χ3n) is 6.24. The van der Waals surface area contributed by atoms with Gasteiger partial charge in [0.05, 0.1) is 28.3 Å². The van der Waals surface area contributed by atoms with Crippen molar-refractivity contribution in [2.24, 2.45) is 5.92 Å². The number of benzene rings is 1. The molecule has 1 aliphatic heterocycles. The quantitative estimate of drug-likeness (QED) is 0.425. The van der Waals surface area contributed by atoms with Gasteiger partial charge in [0.1, 0.15) is 4.83 Å². The summed E-state index contributed by atoms with van der Waals surface area (Å²) < 4.78 is 24.9. The molecule has 174 valence electrons. The maximum Gasteiger partial charge on any atom is 0.267 e. The van der Waals surface area contributed by atoms with Crippen molar-refractivity contribution < 1.29 is 13.2 Å². The first kappa shape index (κ1) is 22.6. The molecule has 0 unspecified atom stereocenters. The summed E-state index contributed by atoms with van der Waals surface area (Å²) in [7, 11) is -3.06. The molecule has 2 aromatic heterocycles. The van der Waals surface area contributed by atoms with Crippen LogP contribution in [0.1, 0.15) is 30.2 Å². The standard InChI is InChI=1S/C23H25N3O4S3/c1-14-7-8-17-18(11-14)32-21-20(17)22(28)26(16-5-3-2-4-6-16)23(25-21)31-12-19(27)24-15-9-10-33(29,30)13-15/h2-6,14-15H,7-13H2,1H3,(H,24,27)/t14-,15+/m1/s1. The second-order valence-corrected chi connectivity index (χ2v) is 13.1. The molecule has 0 radical (unpaired) electrons. The zero-order valence-corrected chi connectivity index (χ0v) is 20.7. The highest BCUT2D eigenvalue weighted by Crippen LogP contribution is 2.37. The summed E-state index contributed by atoms with van der Waals surface area (Å²) in [5.41, 5.74) is 1.75. The SMILES string of the molecule is C[C@@H]1CCc2c(sc3nc(SCC(=O)N[C@H]4CCS(=O)(=O)C4)n(-c4ccccc4)c(=O)c23)C1. The number of rotatable bonds is 5. The molecule has 1 aromatic carbocycles. The molecule has 10 heteroatoms. The molecule has 5 rings (SSSR count). The van der Waals surface area contributed by atoms with E-state index in [1.54, 1.807) is 15.9 Å². The second-order valence-electron chi connectivity index (χ2n) is 8.86. The van der Waals surface area contributed by atoms with Crippen LogP contribution < -0.4 is 10.9 Å². The Hall–Kier alpha value is -2.17. The monoisotopic (exact) mass is 503 g/mol. The number of nitrogens with zero attached hydrogens (tertiary/aromatic N) is 2. The van der Waals surface area contributed by atoms with Crippen LogP contribution in [0.3, 0.4) is 0 Å². The fourth-order valence-electron chi connectivity index (χ4n) is 4.58. The Morgan fingerprint density at radius 2 is 2.06 bits per heavy atom. The molecular formula is C23H25N3O4S3. The van der Waals surface area contributed by atoms with Crippen molar-refractivity contribution in [3.8, 4) is 5.69 Å². The number of hydrogen-bond acceptors (Lipinski definition) is 7. The van der Waals surface area contributed by atoms with Crippen LogP contribution in [0.2, 0.25) is 0 Å². The largest absolute Gasteiger partial charge is 0.352 e. The number of amides is 1. The molecule has 1 amide bonds. The Morgan fingerprint density at radius 3 is 2.79 bits per heavy atom. The van der Waals surface area contributed by atoms with Gasteiger partial charge in [0, 0.05) is 10.9 Å². The summed E-state index contributed by atoms with van der Waals surface area (Å²) in [6.45, 7) is 2.23. The number of nitrogens with one attached hydrogen (secondary N) is 1. The highest BCUT2D eigenvalue weighted by Gasteiger charge is 2.29. The maximum absolute atomic E-state index is 13.7. The van der Waals surface area contributed by atoms with Crippen LogP contribution in [-0.2, 0) is 27.5 Å². The van der Waals surface area contributed by atoms with Crippen LogP contribution in [0.5, 0.6) is 0 Å². The number of aromatic nitrogens is 2. The van der Waals surface area contributed by atoms with E-state index in [2.05, 4.69) is 12.2 Å². The third-order valence-corrected chi connectivity index (χ3v) is 10.1. The van der Waals surface area contributed by atoms with E-state index in [0.29, 0.717) is 28.6 Å². The summed E-state index contributed by atoms with van der Waals surface area (Å²) in [5.74, 6) is 0.498.